The van der Waals surface area contributed by atoms with Crippen LogP contribution in [0.2, 0.25) is 0 Å². The summed E-state index contributed by atoms with van der Waals surface area (Å²) < 4.78 is 24.1. The van der Waals surface area contributed by atoms with Crippen molar-refractivity contribution in [3.05, 3.63) is 121 Å². The molecule has 0 atom stereocenters. The van der Waals surface area contributed by atoms with Gasteiger partial charge in [0.25, 0.3) is 0 Å². The van der Waals surface area contributed by atoms with Gasteiger partial charge in [-0.2, -0.15) is 0 Å². The molecule has 0 spiro atoms. The summed E-state index contributed by atoms with van der Waals surface area (Å²) in [7, 11) is -7.29. The smallest absolute Gasteiger partial charge is 0.793 e. The molecule has 0 aliphatic heterocycles. The van der Waals surface area contributed by atoms with E-state index in [2.05, 4.69) is 0 Å². The molecule has 0 heterocycles. The van der Waals surface area contributed by atoms with Gasteiger partial charge in [-0.1, -0.05) is 121 Å². The quantitative estimate of drug-likeness (QED) is 0.324. The number of hydrogen-bond donors (Lipinski definition) is 0. The van der Waals surface area contributed by atoms with E-state index in [1.807, 2.05) is 0 Å². The molecule has 0 aliphatic rings. The van der Waals surface area contributed by atoms with Crippen molar-refractivity contribution >= 4 is 36.0 Å². The summed E-state index contributed by atoms with van der Waals surface area (Å²) in [4.78, 5) is 24.1. The first-order chi connectivity index (χ1) is 14.4. The third kappa shape index (κ3) is 6.37. The molecular weight excluding hydrogens is 473 g/mol. The predicted molar refractivity (Wildman–Crippen MR) is 120 cm³/mol. The molecule has 4 rings (SSSR count). The molecule has 0 saturated heterocycles. The Bertz CT molecular complexity index is 973. The molecule has 0 radical (unpaired) electrons. The van der Waals surface area contributed by atoms with Gasteiger partial charge in [-0.15, -0.1) is 0 Å². The fourth-order valence-electron chi connectivity index (χ4n) is 2.80. The minimum atomic E-state index is -3.65. The number of benzene rings is 4. The van der Waals surface area contributed by atoms with Gasteiger partial charge in [-0.05, 0) is 0 Å². The van der Waals surface area contributed by atoms with Crippen LogP contribution < -0.4 is 31.0 Å². The number of rotatable bonds is 4. The Morgan fingerprint density at radius 1 is 0.387 bits per heavy atom. The number of hydrogen-bond acceptors (Lipinski definition) is 4. The van der Waals surface area contributed by atoms with Gasteiger partial charge < -0.3 is 18.9 Å². The van der Waals surface area contributed by atoms with Crippen LogP contribution in [0.5, 0.6) is 0 Å². The Kier molecular flexibility index (Phi) is 9.20. The molecule has 31 heavy (non-hydrogen) atoms. The molecule has 0 aromatic heterocycles. The first kappa shape index (κ1) is 25.0. The molecule has 0 fully saturated rings. The molecule has 0 amide bonds. The minimum Gasteiger partial charge on any atom is -0.793 e. The van der Waals surface area contributed by atoms with Crippen LogP contribution in [-0.2, 0) is 25.6 Å². The van der Waals surface area contributed by atoms with Crippen LogP contribution in [0.4, 0.5) is 0 Å². The van der Waals surface area contributed by atoms with E-state index in [0.29, 0.717) is 21.2 Å². The van der Waals surface area contributed by atoms with Crippen LogP contribution in [0, 0.1) is 0 Å². The first-order valence-electron chi connectivity index (χ1n) is 9.27. The van der Waals surface area contributed by atoms with E-state index < -0.39 is 14.7 Å². The van der Waals surface area contributed by atoms with E-state index in [4.69, 9.17) is 0 Å². The maximum Gasteiger partial charge on any atom is 2.00 e. The van der Waals surface area contributed by atoms with E-state index in [0.717, 1.165) is 0 Å². The molecule has 0 N–H and O–H groups in total. The molecule has 0 saturated carbocycles. The van der Waals surface area contributed by atoms with Gasteiger partial charge in [0.15, 0.2) is 0 Å². The summed E-state index contributed by atoms with van der Waals surface area (Å²) in [5, 5.41) is 1.43. The second-order valence-electron chi connectivity index (χ2n) is 6.45. The Balaban J connectivity index is 0.000000213. The largest absolute Gasteiger partial charge is 2.00 e. The van der Waals surface area contributed by atoms with Crippen LogP contribution in [0.3, 0.4) is 0 Å². The summed E-state index contributed by atoms with van der Waals surface area (Å²) in [5.41, 5.74) is 0. The zero-order chi connectivity index (χ0) is 21.5. The van der Waals surface area contributed by atoms with Crippen molar-refractivity contribution in [2.75, 3.05) is 0 Å². The topological polar surface area (TPSA) is 80.3 Å². The fraction of sp³-hybridized carbons (Fsp3) is 0. The molecule has 0 unspecified atom stereocenters. The van der Waals surface area contributed by atoms with Gasteiger partial charge in [0, 0.05) is 21.2 Å². The molecular formula is C24H20NiO4P2. The van der Waals surface area contributed by atoms with E-state index in [1.54, 1.807) is 121 Å². The second-order valence-corrected chi connectivity index (χ2v) is 10.7. The van der Waals surface area contributed by atoms with Gasteiger partial charge in [0.2, 0.25) is 0 Å². The third-order valence-corrected chi connectivity index (χ3v) is 8.30. The molecule has 4 nitrogen and oxygen atoms in total. The third-order valence-electron chi connectivity index (χ3n) is 4.38. The summed E-state index contributed by atoms with van der Waals surface area (Å²) in [6.07, 6.45) is 0. The van der Waals surface area contributed by atoms with Gasteiger partial charge in [0.05, 0.1) is 14.7 Å². The fourth-order valence-corrected chi connectivity index (χ4v) is 5.65. The van der Waals surface area contributed by atoms with Crippen LogP contribution in [0.15, 0.2) is 121 Å². The van der Waals surface area contributed by atoms with Crippen molar-refractivity contribution in [3.8, 4) is 0 Å². The van der Waals surface area contributed by atoms with Crippen molar-refractivity contribution in [2.24, 2.45) is 0 Å². The normalized spacial score (nSPS) is 10.9. The summed E-state index contributed by atoms with van der Waals surface area (Å²) in [6.45, 7) is 0. The van der Waals surface area contributed by atoms with E-state index in [1.165, 1.54) is 0 Å². The molecule has 4 aromatic carbocycles. The monoisotopic (exact) mass is 492 g/mol. The zero-order valence-electron chi connectivity index (χ0n) is 16.4. The Labute approximate surface area is 192 Å². The van der Waals surface area contributed by atoms with Crippen LogP contribution in [-0.4, -0.2) is 0 Å². The molecule has 160 valence electrons. The van der Waals surface area contributed by atoms with Crippen LogP contribution in [0.1, 0.15) is 0 Å². The van der Waals surface area contributed by atoms with Crippen molar-refractivity contribution in [1.82, 2.24) is 0 Å². The average molecular weight is 493 g/mol. The van der Waals surface area contributed by atoms with Crippen molar-refractivity contribution in [2.45, 2.75) is 0 Å². The minimum absolute atomic E-state index is 0. The van der Waals surface area contributed by atoms with Gasteiger partial charge in [-0.25, -0.2) is 0 Å². The molecule has 7 heteroatoms. The van der Waals surface area contributed by atoms with Crippen molar-refractivity contribution in [3.63, 3.8) is 0 Å². The Morgan fingerprint density at radius 3 is 0.710 bits per heavy atom. The van der Waals surface area contributed by atoms with E-state index in [-0.39, 0.29) is 16.5 Å². The van der Waals surface area contributed by atoms with Crippen LogP contribution in [0.25, 0.3) is 0 Å². The summed E-state index contributed by atoms with van der Waals surface area (Å²) in [6, 6.07) is 33.9. The first-order valence-corrected chi connectivity index (χ1v) is 12.5. The maximum atomic E-state index is 12.1. The maximum absolute atomic E-state index is 12.1. The summed E-state index contributed by atoms with van der Waals surface area (Å²) in [5.74, 6) is 0. The van der Waals surface area contributed by atoms with Crippen molar-refractivity contribution < 1.29 is 35.4 Å². The van der Waals surface area contributed by atoms with Gasteiger partial charge in [-0.3, -0.25) is 0 Å². The average Bonchev–Trinajstić information content (AvgIpc) is 2.82. The predicted octanol–water partition coefficient (Wildman–Crippen LogP) is 2.55. The molecule has 0 aliphatic carbocycles. The Morgan fingerprint density at radius 2 is 0.548 bits per heavy atom. The van der Waals surface area contributed by atoms with E-state index >= 15 is 0 Å². The molecule has 0 bridgehead atoms. The van der Waals surface area contributed by atoms with Crippen molar-refractivity contribution in [1.29, 1.82) is 0 Å². The molecule has 4 aromatic rings. The zero-order valence-corrected chi connectivity index (χ0v) is 19.2. The second kappa shape index (κ2) is 11.4. The van der Waals surface area contributed by atoms with E-state index in [9.17, 15) is 18.9 Å². The standard InChI is InChI=1S/2C12H11O2P.Ni/c2*13-15(14,11-7-3-1-4-8-11)12-9-5-2-6-10-12;/h2*1-10H,(H,13,14);/q;;+2/p-2. The Hall–Kier alpha value is -2.25. The van der Waals surface area contributed by atoms with Crippen LogP contribution >= 0.6 is 14.7 Å². The summed E-state index contributed by atoms with van der Waals surface area (Å²) >= 11 is 0. The van der Waals surface area contributed by atoms with Gasteiger partial charge in [0.1, 0.15) is 0 Å². The van der Waals surface area contributed by atoms with Gasteiger partial charge >= 0.3 is 16.5 Å². The SMILES string of the molecule is O=P([O-])(c1ccccc1)c1ccccc1.O=P([O-])(c1ccccc1)c1ccccc1.[Ni+2].